The summed E-state index contributed by atoms with van der Waals surface area (Å²) in [6.45, 7) is 1.62. The van der Waals surface area contributed by atoms with Crippen molar-refractivity contribution in [3.05, 3.63) is 33.5 Å². The van der Waals surface area contributed by atoms with E-state index in [-0.39, 0.29) is 9.34 Å². The molecule has 0 atom stereocenters. The van der Waals surface area contributed by atoms with Gasteiger partial charge in [0.25, 0.3) is 10.0 Å². The summed E-state index contributed by atoms with van der Waals surface area (Å²) >= 11 is 3.03. The van der Waals surface area contributed by atoms with Crippen molar-refractivity contribution in [3.8, 4) is 0 Å². The van der Waals surface area contributed by atoms with E-state index in [4.69, 9.17) is 5.73 Å². The molecule has 1 heterocycles. The number of rotatable bonds is 3. The number of nitrogens with zero attached hydrogens (tertiary/aromatic N) is 1. The number of aryl methyl sites for hydroxylation is 1. The van der Waals surface area contributed by atoms with E-state index in [0.717, 1.165) is 14.9 Å². The highest BCUT2D eigenvalue weighted by atomic mass is 127. The van der Waals surface area contributed by atoms with Crippen LogP contribution in [0.25, 0.3) is 0 Å². The third-order valence-electron chi connectivity index (χ3n) is 2.13. The average molecular weight is 395 g/mol. The van der Waals surface area contributed by atoms with Crippen LogP contribution in [0, 0.1) is 10.5 Å². The van der Waals surface area contributed by atoms with Gasteiger partial charge in [-0.1, -0.05) is 23.5 Å². The third-order valence-corrected chi connectivity index (χ3v) is 6.04. The Labute approximate surface area is 123 Å². The molecule has 0 bridgehead atoms. The van der Waals surface area contributed by atoms with Gasteiger partial charge >= 0.3 is 0 Å². The highest BCUT2D eigenvalue weighted by Gasteiger charge is 2.21. The molecule has 0 unspecified atom stereocenters. The fraction of sp³-hybridized carbons (Fsp3) is 0.100. The first-order chi connectivity index (χ1) is 8.40. The van der Waals surface area contributed by atoms with Crippen molar-refractivity contribution in [1.29, 1.82) is 0 Å². The number of thiazole rings is 1. The third kappa shape index (κ3) is 2.75. The monoisotopic (exact) mass is 395 g/mol. The van der Waals surface area contributed by atoms with Crippen LogP contribution < -0.4 is 10.5 Å². The van der Waals surface area contributed by atoms with Crippen molar-refractivity contribution in [1.82, 2.24) is 4.98 Å². The van der Waals surface area contributed by atoms with Crippen molar-refractivity contribution >= 4 is 54.8 Å². The maximum atomic E-state index is 12.2. The van der Waals surface area contributed by atoms with Gasteiger partial charge in [0.05, 0.1) is 11.4 Å². The van der Waals surface area contributed by atoms with Crippen LogP contribution in [0.1, 0.15) is 5.69 Å². The van der Waals surface area contributed by atoms with Gasteiger partial charge in [-0.3, -0.25) is 4.72 Å². The second-order valence-corrected chi connectivity index (χ2v) is 7.58. The minimum absolute atomic E-state index is 0.152. The molecule has 0 saturated heterocycles. The number of para-hydroxylation sites is 1. The molecule has 96 valence electrons. The average Bonchev–Trinajstić information content (AvgIpc) is 2.62. The zero-order valence-corrected chi connectivity index (χ0v) is 13.1. The molecular formula is C10H10IN3O2S2. The fourth-order valence-corrected chi connectivity index (χ4v) is 4.47. The Morgan fingerprint density at radius 3 is 2.61 bits per heavy atom. The normalized spacial score (nSPS) is 11.4. The highest BCUT2D eigenvalue weighted by molar-refractivity contribution is 14.1. The van der Waals surface area contributed by atoms with Crippen LogP contribution in [0.4, 0.5) is 10.8 Å². The highest BCUT2D eigenvalue weighted by Crippen LogP contribution is 2.28. The minimum atomic E-state index is -3.62. The van der Waals surface area contributed by atoms with Crippen molar-refractivity contribution < 1.29 is 8.42 Å². The molecule has 5 nitrogen and oxygen atoms in total. The van der Waals surface area contributed by atoms with E-state index in [1.54, 1.807) is 19.1 Å². The molecule has 8 heteroatoms. The van der Waals surface area contributed by atoms with Gasteiger partial charge in [-0.25, -0.2) is 13.4 Å². The van der Waals surface area contributed by atoms with E-state index in [1.165, 1.54) is 0 Å². The van der Waals surface area contributed by atoms with E-state index >= 15 is 0 Å². The number of nitrogen functional groups attached to an aromatic ring is 1. The molecule has 2 aromatic rings. The topological polar surface area (TPSA) is 85.1 Å². The Morgan fingerprint density at radius 2 is 2.06 bits per heavy atom. The number of anilines is 2. The van der Waals surface area contributed by atoms with Crippen molar-refractivity contribution in [2.24, 2.45) is 0 Å². The number of hydrogen-bond acceptors (Lipinski definition) is 5. The molecule has 0 aliphatic carbocycles. The van der Waals surface area contributed by atoms with E-state index in [0.29, 0.717) is 11.4 Å². The van der Waals surface area contributed by atoms with E-state index in [9.17, 15) is 8.42 Å². The number of benzene rings is 1. The molecule has 0 saturated carbocycles. The van der Waals surface area contributed by atoms with Gasteiger partial charge in [-0.15, -0.1) is 0 Å². The lowest BCUT2D eigenvalue weighted by Gasteiger charge is -2.08. The van der Waals surface area contributed by atoms with Crippen molar-refractivity contribution in [3.63, 3.8) is 0 Å². The lowest BCUT2D eigenvalue weighted by Crippen LogP contribution is -2.13. The van der Waals surface area contributed by atoms with Crippen LogP contribution in [0.15, 0.2) is 28.5 Å². The molecule has 3 N–H and O–H groups in total. The number of aromatic nitrogens is 1. The van der Waals surface area contributed by atoms with E-state index < -0.39 is 10.0 Å². The largest absolute Gasteiger partial charge is 0.375 e. The zero-order valence-electron chi connectivity index (χ0n) is 9.34. The van der Waals surface area contributed by atoms with Crippen LogP contribution in [0.3, 0.4) is 0 Å². The Hall–Kier alpha value is -0.870. The molecule has 18 heavy (non-hydrogen) atoms. The summed E-state index contributed by atoms with van der Waals surface area (Å²) in [5.74, 6) is 0. The van der Waals surface area contributed by atoms with Crippen LogP contribution in [0.2, 0.25) is 0 Å². The van der Waals surface area contributed by atoms with Crippen LogP contribution in [0.5, 0.6) is 0 Å². The lowest BCUT2D eigenvalue weighted by atomic mass is 10.3. The summed E-state index contributed by atoms with van der Waals surface area (Å²) in [6, 6.07) is 7.15. The van der Waals surface area contributed by atoms with Gasteiger partial charge in [0, 0.05) is 3.57 Å². The van der Waals surface area contributed by atoms with Gasteiger partial charge in [-0.05, 0) is 41.6 Å². The Morgan fingerprint density at radius 1 is 1.39 bits per heavy atom. The zero-order chi connectivity index (χ0) is 13.3. The van der Waals surface area contributed by atoms with Gasteiger partial charge in [0.15, 0.2) is 9.34 Å². The standard InChI is InChI=1S/C10H10IN3O2S2/c1-6-9(17-10(12)13-6)18(15,16)14-8-5-3-2-4-7(8)11/h2-5,14H,1H3,(H2,12,13). The number of nitrogens with two attached hydrogens (primary N) is 1. The summed E-state index contributed by atoms with van der Waals surface area (Å²) in [4.78, 5) is 3.92. The molecule has 0 amide bonds. The van der Waals surface area contributed by atoms with E-state index in [2.05, 4.69) is 32.3 Å². The number of nitrogens with one attached hydrogen (secondary N) is 1. The maximum Gasteiger partial charge on any atom is 0.273 e. The minimum Gasteiger partial charge on any atom is -0.375 e. The second-order valence-electron chi connectivity index (χ2n) is 3.51. The lowest BCUT2D eigenvalue weighted by molar-refractivity contribution is 0.602. The first-order valence-electron chi connectivity index (χ1n) is 4.90. The van der Waals surface area contributed by atoms with Gasteiger partial charge < -0.3 is 5.73 Å². The summed E-state index contributed by atoms with van der Waals surface area (Å²) in [6.07, 6.45) is 0. The molecule has 2 rings (SSSR count). The summed E-state index contributed by atoms with van der Waals surface area (Å²) in [5.41, 5.74) is 6.47. The van der Waals surface area contributed by atoms with E-state index in [1.807, 2.05) is 12.1 Å². The molecule has 0 radical (unpaired) electrons. The molecule has 1 aromatic heterocycles. The first-order valence-corrected chi connectivity index (χ1v) is 8.28. The predicted octanol–water partition coefficient (Wildman–Crippen LogP) is 2.44. The Balaban J connectivity index is 2.40. The molecule has 1 aromatic carbocycles. The molecule has 0 aliphatic rings. The van der Waals surface area contributed by atoms with Gasteiger partial charge in [-0.2, -0.15) is 0 Å². The van der Waals surface area contributed by atoms with Crippen molar-refractivity contribution in [2.45, 2.75) is 11.1 Å². The molecular weight excluding hydrogens is 385 g/mol. The smallest absolute Gasteiger partial charge is 0.273 e. The van der Waals surface area contributed by atoms with Crippen LogP contribution in [-0.4, -0.2) is 13.4 Å². The SMILES string of the molecule is Cc1nc(N)sc1S(=O)(=O)Nc1ccccc1I. The van der Waals surface area contributed by atoms with Gasteiger partial charge in [0.2, 0.25) is 0 Å². The molecule has 0 fully saturated rings. The number of hydrogen-bond donors (Lipinski definition) is 2. The second kappa shape index (κ2) is 5.02. The fourth-order valence-electron chi connectivity index (χ4n) is 1.39. The summed E-state index contributed by atoms with van der Waals surface area (Å²) < 4.78 is 27.9. The maximum absolute atomic E-state index is 12.2. The molecule has 0 aliphatic heterocycles. The summed E-state index contributed by atoms with van der Waals surface area (Å²) in [5, 5.41) is 0.246. The quantitative estimate of drug-likeness (QED) is 0.782. The van der Waals surface area contributed by atoms with Crippen LogP contribution >= 0.6 is 33.9 Å². The van der Waals surface area contributed by atoms with Crippen LogP contribution in [-0.2, 0) is 10.0 Å². The summed E-state index contributed by atoms with van der Waals surface area (Å²) in [7, 11) is -3.62. The number of halogens is 1. The Bertz CT molecular complexity index is 682. The van der Waals surface area contributed by atoms with Gasteiger partial charge in [0.1, 0.15) is 0 Å². The van der Waals surface area contributed by atoms with Crippen molar-refractivity contribution in [2.75, 3.05) is 10.5 Å². The first kappa shape index (κ1) is 13.6. The predicted molar refractivity (Wildman–Crippen MR) is 81.2 cm³/mol. The Kier molecular flexibility index (Phi) is 3.78. The number of sulfonamides is 1. The molecule has 0 spiro atoms.